The highest BCUT2D eigenvalue weighted by molar-refractivity contribution is 7.85. The zero-order chi connectivity index (χ0) is 22.7. The van der Waals surface area contributed by atoms with Gasteiger partial charge in [0.2, 0.25) is 5.90 Å². The Hall–Kier alpha value is -2.79. The lowest BCUT2D eigenvalue weighted by molar-refractivity contribution is -0.227. The molecule has 1 amide bonds. The van der Waals surface area contributed by atoms with Crippen LogP contribution in [0.4, 0.5) is 0 Å². The summed E-state index contributed by atoms with van der Waals surface area (Å²) in [6.45, 7) is -0.267. The lowest BCUT2D eigenvalue weighted by Crippen LogP contribution is -2.63. The minimum atomic E-state index is -3.69. The van der Waals surface area contributed by atoms with Gasteiger partial charge in [0.15, 0.2) is 12.4 Å². The van der Waals surface area contributed by atoms with E-state index in [2.05, 4.69) is 5.32 Å². The highest BCUT2D eigenvalue weighted by atomic mass is 32.2. The minimum Gasteiger partial charge on any atom is -0.469 e. The molecule has 0 bridgehead atoms. The predicted molar refractivity (Wildman–Crippen MR) is 116 cm³/mol. The van der Waals surface area contributed by atoms with Gasteiger partial charge in [-0.05, 0) is 24.3 Å². The fraction of sp³-hybridized carbons (Fsp3) is 0.364. The van der Waals surface area contributed by atoms with Gasteiger partial charge in [0.05, 0.1) is 12.9 Å². The van der Waals surface area contributed by atoms with E-state index in [1.807, 2.05) is 36.4 Å². The molecule has 32 heavy (non-hydrogen) atoms. The minimum absolute atomic E-state index is 0.267. The number of nitrogens with zero attached hydrogens (tertiary/aromatic N) is 1. The van der Waals surface area contributed by atoms with Crippen LogP contribution in [0.2, 0.25) is 0 Å². The van der Waals surface area contributed by atoms with Crippen LogP contribution in [-0.4, -0.2) is 70.8 Å². The number of rotatable bonds is 7. The second-order valence-electron chi connectivity index (χ2n) is 7.51. The molecule has 5 atom stereocenters. The first-order valence-corrected chi connectivity index (χ1v) is 11.9. The summed E-state index contributed by atoms with van der Waals surface area (Å²) in [5.74, 6) is 0.0680. The Balaban J connectivity index is 1.63. The molecular weight excluding hydrogens is 436 g/mol. The molecule has 2 heterocycles. The van der Waals surface area contributed by atoms with Gasteiger partial charge in [0.25, 0.3) is 16.0 Å². The molecule has 10 heteroatoms. The van der Waals surface area contributed by atoms with Crippen molar-refractivity contribution < 1.29 is 31.6 Å². The Kier molecular flexibility index (Phi) is 6.56. The highest BCUT2D eigenvalue weighted by Crippen LogP contribution is 2.32. The molecule has 9 nitrogen and oxygen atoms in total. The molecule has 0 aromatic heterocycles. The number of carbonyl (C=O) groups is 1. The first kappa shape index (κ1) is 22.4. The molecule has 0 aliphatic carbocycles. The number of nitrogens with one attached hydrogen (secondary N) is 1. The van der Waals surface area contributed by atoms with Crippen molar-refractivity contribution in [1.82, 2.24) is 5.32 Å². The summed E-state index contributed by atoms with van der Waals surface area (Å²) in [5, 5.41) is 2.94. The van der Waals surface area contributed by atoms with Crippen LogP contribution in [0.5, 0.6) is 0 Å². The van der Waals surface area contributed by atoms with Gasteiger partial charge in [0.1, 0.15) is 18.2 Å². The Morgan fingerprint density at radius 2 is 1.75 bits per heavy atom. The SMILES string of the molecule is CO[C@@H]1O[C@H](COS(C)(=O)=O)[C@@H]2OC(c3ccccc3)=N[C@@H]2[C@H]1NC(=O)c1ccccc1. The summed E-state index contributed by atoms with van der Waals surface area (Å²) < 4.78 is 45.6. The van der Waals surface area contributed by atoms with Crippen molar-refractivity contribution in [2.75, 3.05) is 20.0 Å². The molecule has 2 aromatic rings. The van der Waals surface area contributed by atoms with E-state index in [1.165, 1.54) is 7.11 Å². The third-order valence-corrected chi connectivity index (χ3v) is 5.78. The second-order valence-corrected chi connectivity index (χ2v) is 9.15. The van der Waals surface area contributed by atoms with Gasteiger partial charge in [-0.25, -0.2) is 4.99 Å². The summed E-state index contributed by atoms with van der Waals surface area (Å²) in [7, 11) is -2.25. The number of ether oxygens (including phenoxy) is 3. The molecule has 2 aromatic carbocycles. The Morgan fingerprint density at radius 1 is 1.09 bits per heavy atom. The second kappa shape index (κ2) is 9.37. The van der Waals surface area contributed by atoms with Crippen LogP contribution in [0.1, 0.15) is 15.9 Å². The number of fused-ring (bicyclic) bond motifs is 1. The van der Waals surface area contributed by atoms with E-state index >= 15 is 0 Å². The number of hydrogen-bond donors (Lipinski definition) is 1. The molecule has 0 radical (unpaired) electrons. The number of benzene rings is 2. The van der Waals surface area contributed by atoms with Crippen LogP contribution >= 0.6 is 0 Å². The third-order valence-electron chi connectivity index (χ3n) is 5.22. The molecule has 0 unspecified atom stereocenters. The molecule has 1 N–H and O–H groups in total. The topological polar surface area (TPSA) is 113 Å². The summed E-state index contributed by atoms with van der Waals surface area (Å²) in [6, 6.07) is 16.8. The Labute approximate surface area is 186 Å². The van der Waals surface area contributed by atoms with Crippen LogP contribution in [0.3, 0.4) is 0 Å². The van der Waals surface area contributed by atoms with Crippen molar-refractivity contribution in [2.45, 2.75) is 30.6 Å². The van der Waals surface area contributed by atoms with Crippen LogP contribution in [0.25, 0.3) is 0 Å². The maximum atomic E-state index is 12.8. The summed E-state index contributed by atoms with van der Waals surface area (Å²) >= 11 is 0. The quantitative estimate of drug-likeness (QED) is 0.621. The van der Waals surface area contributed by atoms with Crippen LogP contribution < -0.4 is 5.32 Å². The van der Waals surface area contributed by atoms with Gasteiger partial charge in [-0.1, -0.05) is 36.4 Å². The maximum Gasteiger partial charge on any atom is 0.264 e. The number of carbonyl (C=O) groups excluding carboxylic acids is 1. The summed E-state index contributed by atoms with van der Waals surface area (Å²) in [4.78, 5) is 17.6. The van der Waals surface area contributed by atoms with Gasteiger partial charge in [-0.2, -0.15) is 8.42 Å². The standard InChI is InChI=1S/C22H24N2O7S/c1-28-22-18(23-20(25)14-9-5-3-6-10-14)17-19(16(30-22)13-29-32(2,26)27)31-21(24-17)15-11-7-4-8-12-15/h3-12,16-19,22H,13H2,1-2H3,(H,23,25)/t16-,17-,18-,19+,22-/m1/s1. The zero-order valence-corrected chi connectivity index (χ0v) is 18.4. The normalized spacial score (nSPS) is 27.2. The van der Waals surface area contributed by atoms with Crippen molar-refractivity contribution >= 4 is 21.9 Å². The van der Waals surface area contributed by atoms with E-state index in [4.69, 9.17) is 23.4 Å². The van der Waals surface area contributed by atoms with Gasteiger partial charge in [-0.15, -0.1) is 0 Å². The molecule has 0 spiro atoms. The lowest BCUT2D eigenvalue weighted by atomic mass is 9.94. The smallest absolute Gasteiger partial charge is 0.264 e. The highest BCUT2D eigenvalue weighted by Gasteiger charge is 2.52. The molecule has 0 saturated carbocycles. The lowest BCUT2D eigenvalue weighted by Gasteiger charge is -2.41. The van der Waals surface area contributed by atoms with Crippen molar-refractivity contribution in [3.63, 3.8) is 0 Å². The zero-order valence-electron chi connectivity index (χ0n) is 17.6. The van der Waals surface area contributed by atoms with E-state index in [9.17, 15) is 13.2 Å². The molecule has 170 valence electrons. The van der Waals surface area contributed by atoms with E-state index in [-0.39, 0.29) is 12.5 Å². The number of methoxy groups -OCH3 is 1. The molecule has 4 rings (SSSR count). The van der Waals surface area contributed by atoms with E-state index in [0.717, 1.165) is 11.8 Å². The monoisotopic (exact) mass is 460 g/mol. The first-order chi connectivity index (χ1) is 15.4. The molecule has 1 fully saturated rings. The third kappa shape index (κ3) is 4.99. The van der Waals surface area contributed by atoms with E-state index in [1.54, 1.807) is 24.3 Å². The largest absolute Gasteiger partial charge is 0.469 e. The molecule has 2 aliphatic heterocycles. The molecule has 1 saturated heterocycles. The predicted octanol–water partition coefficient (Wildman–Crippen LogP) is 1.35. The Bertz CT molecular complexity index is 1080. The van der Waals surface area contributed by atoms with Crippen molar-refractivity contribution in [3.8, 4) is 0 Å². The van der Waals surface area contributed by atoms with Gasteiger partial charge in [-0.3, -0.25) is 8.98 Å². The average molecular weight is 461 g/mol. The fourth-order valence-electron chi connectivity index (χ4n) is 3.74. The fourth-order valence-corrected chi connectivity index (χ4v) is 4.12. The van der Waals surface area contributed by atoms with Gasteiger partial charge in [0, 0.05) is 18.2 Å². The Morgan fingerprint density at radius 3 is 2.38 bits per heavy atom. The maximum absolute atomic E-state index is 12.8. The van der Waals surface area contributed by atoms with Crippen molar-refractivity contribution in [3.05, 3.63) is 71.8 Å². The van der Waals surface area contributed by atoms with E-state index in [0.29, 0.717) is 11.5 Å². The first-order valence-electron chi connectivity index (χ1n) is 10.0. The van der Waals surface area contributed by atoms with Crippen LogP contribution in [0.15, 0.2) is 65.7 Å². The summed E-state index contributed by atoms with van der Waals surface area (Å²) in [5.41, 5.74) is 1.24. The van der Waals surface area contributed by atoms with Crippen molar-refractivity contribution in [1.29, 1.82) is 0 Å². The van der Waals surface area contributed by atoms with Gasteiger partial charge < -0.3 is 19.5 Å². The van der Waals surface area contributed by atoms with Gasteiger partial charge >= 0.3 is 0 Å². The number of hydrogen-bond acceptors (Lipinski definition) is 8. The summed E-state index contributed by atoms with van der Waals surface area (Å²) in [6.07, 6.45) is -1.39. The van der Waals surface area contributed by atoms with E-state index < -0.39 is 40.7 Å². The van der Waals surface area contributed by atoms with Crippen molar-refractivity contribution in [2.24, 2.45) is 4.99 Å². The average Bonchev–Trinajstić information content (AvgIpc) is 3.25. The van der Waals surface area contributed by atoms with Crippen LogP contribution in [0, 0.1) is 0 Å². The number of amides is 1. The van der Waals surface area contributed by atoms with Crippen LogP contribution in [-0.2, 0) is 28.5 Å². The molecule has 2 aliphatic rings. The molecular formula is C22H24N2O7S. The number of aliphatic imine (C=N–C) groups is 1.